The zero-order chi connectivity index (χ0) is 27.5. The Hall–Kier alpha value is -3.27. The van der Waals surface area contributed by atoms with Gasteiger partial charge in [0.1, 0.15) is 11.1 Å². The molecule has 8 nitrogen and oxygen atoms in total. The Morgan fingerprint density at radius 3 is 2.67 bits per heavy atom. The number of hydrogen-bond donors (Lipinski definition) is 2. The van der Waals surface area contributed by atoms with Crippen LogP contribution in [0.3, 0.4) is 0 Å². The van der Waals surface area contributed by atoms with Gasteiger partial charge in [-0.2, -0.15) is 0 Å². The molecule has 1 saturated carbocycles. The Morgan fingerprint density at radius 1 is 1.23 bits per heavy atom. The quantitative estimate of drug-likeness (QED) is 0.405. The summed E-state index contributed by atoms with van der Waals surface area (Å²) in [5.74, 6) is 0.632. The number of aromatic nitrogens is 1. The summed E-state index contributed by atoms with van der Waals surface area (Å²) in [6.07, 6.45) is 4.09. The summed E-state index contributed by atoms with van der Waals surface area (Å²) in [7, 11) is 2.11. The van der Waals surface area contributed by atoms with Crippen LogP contribution >= 0.6 is 11.3 Å². The number of thiazole rings is 1. The summed E-state index contributed by atoms with van der Waals surface area (Å²) in [5, 5.41) is 15.7. The first kappa shape index (κ1) is 27.3. The largest absolute Gasteiger partial charge is 0.486 e. The Labute approximate surface area is 233 Å². The van der Waals surface area contributed by atoms with Gasteiger partial charge in [-0.3, -0.25) is 9.59 Å². The molecular formula is C30H36N4O4S. The number of fused-ring (bicyclic) bond motifs is 1. The molecule has 1 aliphatic heterocycles. The first-order valence-corrected chi connectivity index (χ1v) is 14.4. The molecule has 2 amide bonds. The molecule has 0 radical (unpaired) electrons. The Morgan fingerprint density at radius 2 is 2.00 bits per heavy atom. The predicted molar refractivity (Wildman–Crippen MR) is 153 cm³/mol. The van der Waals surface area contributed by atoms with Gasteiger partial charge in [0.15, 0.2) is 5.75 Å². The molecular weight excluding hydrogens is 512 g/mol. The van der Waals surface area contributed by atoms with Crippen molar-refractivity contribution in [2.75, 3.05) is 38.6 Å². The van der Waals surface area contributed by atoms with E-state index < -0.39 is 0 Å². The average molecular weight is 549 g/mol. The molecule has 3 atom stereocenters. The van der Waals surface area contributed by atoms with Crippen LogP contribution in [0.4, 0.5) is 5.69 Å². The molecule has 0 unspecified atom stereocenters. The van der Waals surface area contributed by atoms with Crippen LogP contribution in [0.1, 0.15) is 47.4 Å². The van der Waals surface area contributed by atoms with Crippen molar-refractivity contribution in [1.82, 2.24) is 14.8 Å². The third-order valence-corrected chi connectivity index (χ3v) is 8.35. The summed E-state index contributed by atoms with van der Waals surface area (Å²) in [6.45, 7) is 5.99. The molecule has 5 rings (SSSR count). The van der Waals surface area contributed by atoms with Crippen LogP contribution in [-0.2, 0) is 0 Å². The first-order chi connectivity index (χ1) is 18.8. The summed E-state index contributed by atoms with van der Waals surface area (Å²) < 4.78 is 6.62. The highest BCUT2D eigenvalue weighted by Gasteiger charge is 2.35. The standard InChI is InChI=1S/C30H36N4O4S/c1-19-15-34(20(2)18-35)30(37)24-5-4-6-25(27(24)38-26(19)17-33(3)16-21-7-8-21)32-28(36)22-9-11-23(12-10-22)29-31-13-14-39-29/h4-6,9-14,19-21,26,35H,7-8,15-18H2,1-3H3,(H,32,36)/t19-,20+,26+/m0/s1. The number of ether oxygens (including phenoxy) is 1. The second-order valence-corrected chi connectivity index (χ2v) is 11.7. The average Bonchev–Trinajstić information content (AvgIpc) is 3.57. The van der Waals surface area contributed by atoms with Gasteiger partial charge in [-0.25, -0.2) is 4.98 Å². The van der Waals surface area contributed by atoms with Crippen molar-refractivity contribution in [3.05, 3.63) is 65.2 Å². The monoisotopic (exact) mass is 548 g/mol. The van der Waals surface area contributed by atoms with Gasteiger partial charge in [0.25, 0.3) is 11.8 Å². The number of carbonyl (C=O) groups is 2. The van der Waals surface area contributed by atoms with E-state index in [1.54, 1.807) is 52.8 Å². The molecule has 1 aromatic heterocycles. The van der Waals surface area contributed by atoms with Crippen molar-refractivity contribution in [2.45, 2.75) is 38.8 Å². The van der Waals surface area contributed by atoms with Crippen molar-refractivity contribution < 1.29 is 19.4 Å². The lowest BCUT2D eigenvalue weighted by Gasteiger charge is -2.38. The summed E-state index contributed by atoms with van der Waals surface area (Å²) in [4.78, 5) is 35.3. The fraction of sp³-hybridized carbons (Fsp3) is 0.433. The van der Waals surface area contributed by atoms with Gasteiger partial charge in [0.2, 0.25) is 0 Å². The molecule has 0 spiro atoms. The lowest BCUT2D eigenvalue weighted by molar-refractivity contribution is 0.0345. The number of para-hydroxylation sites is 1. The van der Waals surface area contributed by atoms with E-state index in [4.69, 9.17) is 4.74 Å². The van der Waals surface area contributed by atoms with E-state index in [2.05, 4.69) is 29.2 Å². The molecule has 1 fully saturated rings. The Kier molecular flexibility index (Phi) is 8.30. The lowest BCUT2D eigenvalue weighted by atomic mass is 9.99. The maximum absolute atomic E-state index is 13.7. The number of aliphatic hydroxyl groups is 1. The zero-order valence-electron chi connectivity index (χ0n) is 22.7. The number of carbonyl (C=O) groups excluding carboxylic acids is 2. The third-order valence-electron chi connectivity index (χ3n) is 7.52. The van der Waals surface area contributed by atoms with E-state index in [1.165, 1.54) is 12.8 Å². The smallest absolute Gasteiger partial charge is 0.258 e. The molecule has 2 heterocycles. The highest BCUT2D eigenvalue weighted by Crippen LogP contribution is 2.36. The summed E-state index contributed by atoms with van der Waals surface area (Å²) in [5.41, 5.74) is 2.28. The van der Waals surface area contributed by atoms with Gasteiger partial charge in [0.05, 0.1) is 23.9 Å². The second-order valence-electron chi connectivity index (χ2n) is 10.8. The second kappa shape index (κ2) is 11.9. The molecule has 39 heavy (non-hydrogen) atoms. The molecule has 1 aliphatic carbocycles. The van der Waals surface area contributed by atoms with Crippen molar-refractivity contribution >= 4 is 28.8 Å². The molecule has 2 N–H and O–H groups in total. The number of hydrogen-bond acceptors (Lipinski definition) is 7. The fourth-order valence-corrected chi connectivity index (χ4v) is 5.65. The molecule has 3 aromatic rings. The number of benzene rings is 2. The van der Waals surface area contributed by atoms with E-state index in [1.807, 2.05) is 24.4 Å². The summed E-state index contributed by atoms with van der Waals surface area (Å²) in [6, 6.07) is 12.2. The molecule has 0 saturated heterocycles. The van der Waals surface area contributed by atoms with Gasteiger partial charge in [-0.05, 0) is 57.0 Å². The summed E-state index contributed by atoms with van der Waals surface area (Å²) >= 11 is 1.54. The molecule has 206 valence electrons. The number of amides is 2. The minimum atomic E-state index is -0.342. The van der Waals surface area contributed by atoms with Crippen LogP contribution < -0.4 is 10.1 Å². The van der Waals surface area contributed by atoms with Gasteiger partial charge >= 0.3 is 0 Å². The van der Waals surface area contributed by atoms with Crippen LogP contribution in [0.25, 0.3) is 10.6 Å². The normalized spacial score (nSPS) is 20.1. The number of rotatable bonds is 9. The lowest BCUT2D eigenvalue weighted by Crippen LogP contribution is -2.50. The fourth-order valence-electron chi connectivity index (χ4n) is 5.01. The van der Waals surface area contributed by atoms with Crippen LogP contribution in [0.2, 0.25) is 0 Å². The van der Waals surface area contributed by atoms with Crippen LogP contribution in [-0.4, -0.2) is 77.1 Å². The number of likely N-dealkylation sites (N-methyl/N-ethyl adjacent to an activating group) is 1. The SMILES string of the molecule is C[C@H](CO)N1C[C@H](C)[C@@H](CN(C)CC2CC2)Oc2c(NC(=O)c3ccc(-c4nccs4)cc3)cccc2C1=O. The topological polar surface area (TPSA) is 95.0 Å². The van der Waals surface area contributed by atoms with Crippen molar-refractivity contribution in [2.24, 2.45) is 11.8 Å². The Bertz CT molecular complexity index is 1290. The zero-order valence-corrected chi connectivity index (χ0v) is 23.5. The minimum Gasteiger partial charge on any atom is -0.486 e. The minimum absolute atomic E-state index is 0.0138. The van der Waals surface area contributed by atoms with Crippen molar-refractivity contribution in [3.8, 4) is 16.3 Å². The number of aliphatic hydroxyl groups excluding tert-OH is 1. The van der Waals surface area contributed by atoms with E-state index in [-0.39, 0.29) is 36.5 Å². The number of nitrogens with zero attached hydrogens (tertiary/aromatic N) is 3. The van der Waals surface area contributed by atoms with Crippen LogP contribution in [0.15, 0.2) is 54.0 Å². The van der Waals surface area contributed by atoms with Crippen LogP contribution in [0.5, 0.6) is 5.75 Å². The van der Waals surface area contributed by atoms with E-state index in [0.717, 1.165) is 23.0 Å². The maximum atomic E-state index is 13.7. The van der Waals surface area contributed by atoms with Gasteiger partial charge in [0, 0.05) is 48.3 Å². The maximum Gasteiger partial charge on any atom is 0.258 e. The van der Waals surface area contributed by atoms with Crippen molar-refractivity contribution in [1.29, 1.82) is 0 Å². The highest BCUT2D eigenvalue weighted by atomic mass is 32.1. The van der Waals surface area contributed by atoms with Gasteiger partial charge in [-0.15, -0.1) is 11.3 Å². The molecule has 9 heteroatoms. The molecule has 2 aromatic carbocycles. The van der Waals surface area contributed by atoms with Gasteiger partial charge in [-0.1, -0.05) is 25.1 Å². The molecule has 2 aliphatic rings. The van der Waals surface area contributed by atoms with E-state index >= 15 is 0 Å². The molecule has 0 bridgehead atoms. The third kappa shape index (κ3) is 6.32. The number of anilines is 1. The predicted octanol–water partition coefficient (Wildman–Crippen LogP) is 4.62. The van der Waals surface area contributed by atoms with Gasteiger partial charge < -0.3 is 25.0 Å². The first-order valence-electron chi connectivity index (χ1n) is 13.5. The van der Waals surface area contributed by atoms with E-state index in [0.29, 0.717) is 35.7 Å². The van der Waals surface area contributed by atoms with Crippen LogP contribution in [0, 0.1) is 11.8 Å². The number of nitrogens with one attached hydrogen (secondary N) is 1. The highest BCUT2D eigenvalue weighted by molar-refractivity contribution is 7.13. The Balaban J connectivity index is 1.43. The van der Waals surface area contributed by atoms with E-state index in [9.17, 15) is 14.7 Å². The van der Waals surface area contributed by atoms with Crippen molar-refractivity contribution in [3.63, 3.8) is 0 Å².